The van der Waals surface area contributed by atoms with Crippen LogP contribution in [0.4, 0.5) is 11.5 Å². The highest BCUT2D eigenvalue weighted by Crippen LogP contribution is 2.42. The summed E-state index contributed by atoms with van der Waals surface area (Å²) in [4.78, 5) is 4.34. The normalized spacial score (nSPS) is 20.9. The molecule has 1 heterocycles. The van der Waals surface area contributed by atoms with E-state index in [1.807, 2.05) is 18.2 Å². The van der Waals surface area contributed by atoms with Crippen LogP contribution < -0.4 is 15.8 Å². The van der Waals surface area contributed by atoms with Gasteiger partial charge in [-0.3, -0.25) is 0 Å². The third-order valence-electron chi connectivity index (χ3n) is 3.43. The van der Waals surface area contributed by atoms with Gasteiger partial charge in [-0.2, -0.15) is 4.98 Å². The lowest BCUT2D eigenvalue weighted by molar-refractivity contribution is 0.401. The number of ether oxygens (including phenoxy) is 1. The molecule has 0 saturated heterocycles. The highest BCUT2D eigenvalue weighted by Gasteiger charge is 2.38. The van der Waals surface area contributed by atoms with Crippen LogP contribution in [0.1, 0.15) is 17.9 Å². The van der Waals surface area contributed by atoms with E-state index in [9.17, 15) is 0 Å². The zero-order valence-corrected chi connectivity index (χ0v) is 10.8. The van der Waals surface area contributed by atoms with Gasteiger partial charge < -0.3 is 15.8 Å². The lowest BCUT2D eigenvalue weighted by Gasteiger charge is -2.08. The van der Waals surface area contributed by atoms with E-state index in [4.69, 9.17) is 10.5 Å². The zero-order chi connectivity index (χ0) is 13.2. The van der Waals surface area contributed by atoms with Gasteiger partial charge in [0, 0.05) is 12.0 Å². The van der Waals surface area contributed by atoms with Crippen LogP contribution in [-0.2, 0) is 0 Å². The van der Waals surface area contributed by atoms with Crippen LogP contribution in [-0.4, -0.2) is 18.1 Å². The Hall–Kier alpha value is -2.23. The number of nitrogen functional groups attached to an aromatic ring is 1. The lowest BCUT2D eigenvalue weighted by Crippen LogP contribution is -2.07. The van der Waals surface area contributed by atoms with E-state index in [-0.39, 0.29) is 0 Å². The van der Waals surface area contributed by atoms with Gasteiger partial charge in [0.15, 0.2) is 0 Å². The Balaban J connectivity index is 1.68. The number of anilines is 2. The second-order valence-electron chi connectivity index (χ2n) is 4.80. The Morgan fingerprint density at radius 2 is 2.00 bits per heavy atom. The Kier molecular flexibility index (Phi) is 2.99. The first-order valence-electron chi connectivity index (χ1n) is 6.40. The average molecular weight is 255 g/mol. The topological polar surface area (TPSA) is 60.2 Å². The lowest BCUT2D eigenvalue weighted by atomic mass is 10.1. The molecule has 1 aromatic heterocycles. The van der Waals surface area contributed by atoms with E-state index in [0.717, 1.165) is 12.2 Å². The molecule has 0 radical (unpaired) electrons. The molecule has 4 heteroatoms. The minimum atomic E-state index is 0.447. The van der Waals surface area contributed by atoms with Crippen LogP contribution in [0.25, 0.3) is 0 Å². The van der Waals surface area contributed by atoms with Gasteiger partial charge in [0.05, 0.1) is 12.8 Å². The molecule has 0 amide bonds. The largest absolute Gasteiger partial charge is 0.479 e. The zero-order valence-electron chi connectivity index (χ0n) is 10.8. The van der Waals surface area contributed by atoms with Crippen molar-refractivity contribution in [2.45, 2.75) is 18.4 Å². The minimum absolute atomic E-state index is 0.447. The van der Waals surface area contributed by atoms with Crippen LogP contribution in [0.5, 0.6) is 5.88 Å². The van der Waals surface area contributed by atoms with Crippen molar-refractivity contribution in [2.24, 2.45) is 0 Å². The third-order valence-corrected chi connectivity index (χ3v) is 3.43. The number of pyridine rings is 1. The van der Waals surface area contributed by atoms with E-state index < -0.39 is 0 Å². The molecule has 2 atom stereocenters. The SMILES string of the molecule is COc1nc(NC2CC2c2ccccc2)ccc1N. The standard InChI is InChI=1S/C15H17N3O/c1-19-15-12(16)7-8-14(18-15)17-13-9-11(13)10-5-3-2-4-6-10/h2-8,11,13H,9,16H2,1H3,(H,17,18). The van der Waals surface area contributed by atoms with Gasteiger partial charge in [-0.05, 0) is 24.1 Å². The van der Waals surface area contributed by atoms with Crippen molar-refractivity contribution in [1.29, 1.82) is 0 Å². The monoisotopic (exact) mass is 255 g/mol. The van der Waals surface area contributed by atoms with Gasteiger partial charge in [-0.15, -0.1) is 0 Å². The van der Waals surface area contributed by atoms with Crippen LogP contribution in [0.15, 0.2) is 42.5 Å². The van der Waals surface area contributed by atoms with E-state index in [2.05, 4.69) is 34.6 Å². The van der Waals surface area contributed by atoms with Crippen LogP contribution in [0, 0.1) is 0 Å². The number of rotatable bonds is 4. The van der Waals surface area contributed by atoms with Crippen molar-refractivity contribution in [3.05, 3.63) is 48.0 Å². The van der Waals surface area contributed by atoms with Crippen molar-refractivity contribution in [3.8, 4) is 5.88 Å². The van der Waals surface area contributed by atoms with Crippen LogP contribution in [0.2, 0.25) is 0 Å². The first-order chi connectivity index (χ1) is 9.28. The number of hydrogen-bond acceptors (Lipinski definition) is 4. The summed E-state index contributed by atoms with van der Waals surface area (Å²) in [6, 6.07) is 14.7. The van der Waals surface area contributed by atoms with Crippen molar-refractivity contribution in [2.75, 3.05) is 18.2 Å². The summed E-state index contributed by atoms with van der Waals surface area (Å²) in [7, 11) is 1.58. The highest BCUT2D eigenvalue weighted by molar-refractivity contribution is 5.54. The molecule has 2 aromatic rings. The number of nitrogens with one attached hydrogen (secondary N) is 1. The van der Waals surface area contributed by atoms with Gasteiger partial charge in [0.2, 0.25) is 5.88 Å². The molecule has 0 aliphatic heterocycles. The van der Waals surface area contributed by atoms with Crippen molar-refractivity contribution in [1.82, 2.24) is 4.98 Å². The molecule has 0 spiro atoms. The fraction of sp³-hybridized carbons (Fsp3) is 0.267. The van der Waals surface area contributed by atoms with E-state index in [0.29, 0.717) is 23.5 Å². The molecule has 3 N–H and O–H groups in total. The summed E-state index contributed by atoms with van der Waals surface area (Å²) in [6.45, 7) is 0. The molecule has 98 valence electrons. The molecule has 1 aliphatic carbocycles. The first-order valence-corrected chi connectivity index (χ1v) is 6.40. The molecule has 1 fully saturated rings. The first kappa shape index (κ1) is 11.8. The number of nitrogens with zero attached hydrogens (tertiary/aromatic N) is 1. The fourth-order valence-corrected chi connectivity index (χ4v) is 2.31. The molecule has 3 rings (SSSR count). The summed E-state index contributed by atoms with van der Waals surface area (Å²) < 4.78 is 5.12. The highest BCUT2D eigenvalue weighted by atomic mass is 16.5. The molecule has 0 bridgehead atoms. The number of methoxy groups -OCH3 is 1. The number of benzene rings is 1. The average Bonchev–Trinajstić information content (AvgIpc) is 3.21. The van der Waals surface area contributed by atoms with Crippen molar-refractivity contribution < 1.29 is 4.74 Å². The minimum Gasteiger partial charge on any atom is -0.479 e. The second-order valence-corrected chi connectivity index (χ2v) is 4.80. The maximum absolute atomic E-state index is 5.75. The van der Waals surface area contributed by atoms with Crippen molar-refractivity contribution in [3.63, 3.8) is 0 Å². The Morgan fingerprint density at radius 1 is 1.21 bits per heavy atom. The van der Waals surface area contributed by atoms with Gasteiger partial charge in [0.25, 0.3) is 0 Å². The smallest absolute Gasteiger partial charge is 0.238 e. The molecular formula is C15H17N3O. The third kappa shape index (κ3) is 2.47. The van der Waals surface area contributed by atoms with Crippen LogP contribution in [0.3, 0.4) is 0 Å². The van der Waals surface area contributed by atoms with Gasteiger partial charge in [-0.25, -0.2) is 0 Å². The summed E-state index contributed by atoms with van der Waals surface area (Å²) in [5, 5.41) is 3.42. The van der Waals surface area contributed by atoms with Crippen molar-refractivity contribution >= 4 is 11.5 Å². The van der Waals surface area contributed by atoms with E-state index >= 15 is 0 Å². The molecular weight excluding hydrogens is 238 g/mol. The summed E-state index contributed by atoms with van der Waals surface area (Å²) in [6.07, 6.45) is 1.14. The second kappa shape index (κ2) is 4.80. The predicted octanol–water partition coefficient (Wildman–Crippen LogP) is 2.64. The predicted molar refractivity (Wildman–Crippen MR) is 76.4 cm³/mol. The molecule has 19 heavy (non-hydrogen) atoms. The van der Waals surface area contributed by atoms with E-state index in [1.165, 1.54) is 5.56 Å². The van der Waals surface area contributed by atoms with Gasteiger partial charge in [0.1, 0.15) is 5.82 Å². The Morgan fingerprint density at radius 3 is 2.74 bits per heavy atom. The summed E-state index contributed by atoms with van der Waals surface area (Å²) in [5.74, 6) is 1.86. The van der Waals surface area contributed by atoms with Crippen LogP contribution >= 0.6 is 0 Å². The molecule has 4 nitrogen and oxygen atoms in total. The summed E-state index contributed by atoms with van der Waals surface area (Å²) in [5.41, 5.74) is 7.69. The molecule has 2 unspecified atom stereocenters. The van der Waals surface area contributed by atoms with E-state index in [1.54, 1.807) is 7.11 Å². The number of nitrogens with two attached hydrogens (primary N) is 1. The summed E-state index contributed by atoms with van der Waals surface area (Å²) >= 11 is 0. The van der Waals surface area contributed by atoms with Gasteiger partial charge in [-0.1, -0.05) is 30.3 Å². The number of hydrogen-bond donors (Lipinski definition) is 2. The Labute approximate surface area is 112 Å². The maximum Gasteiger partial charge on any atom is 0.238 e. The molecule has 1 aliphatic rings. The fourth-order valence-electron chi connectivity index (χ4n) is 2.31. The number of aromatic nitrogens is 1. The Bertz CT molecular complexity index is 571. The maximum atomic E-state index is 5.75. The molecule has 1 aromatic carbocycles. The molecule has 1 saturated carbocycles. The quantitative estimate of drug-likeness (QED) is 0.881. The van der Waals surface area contributed by atoms with Gasteiger partial charge >= 0.3 is 0 Å².